The molecule has 5 heteroatoms. The lowest BCUT2D eigenvalue weighted by Crippen LogP contribution is -2.24. The quantitative estimate of drug-likeness (QED) is 0.860. The fraction of sp³-hybridized carbons (Fsp3) is 0.286. The van der Waals surface area contributed by atoms with Crippen LogP contribution in [0.5, 0.6) is 5.75 Å². The van der Waals surface area contributed by atoms with E-state index in [0.29, 0.717) is 6.54 Å². The first-order valence-corrected chi connectivity index (χ1v) is 6.22. The highest BCUT2D eigenvalue weighted by Gasteiger charge is 2.25. The maximum Gasteiger partial charge on any atom is 0.266 e. The third kappa shape index (κ3) is 2.02. The van der Waals surface area contributed by atoms with Gasteiger partial charge in [0.25, 0.3) is 5.56 Å². The molecule has 0 spiro atoms. The van der Waals surface area contributed by atoms with E-state index in [1.807, 2.05) is 18.2 Å². The summed E-state index contributed by atoms with van der Waals surface area (Å²) in [6.45, 7) is 0.495. The summed E-state index contributed by atoms with van der Waals surface area (Å²) < 4.78 is 7.18. The van der Waals surface area contributed by atoms with Crippen molar-refractivity contribution < 1.29 is 4.74 Å². The van der Waals surface area contributed by atoms with Crippen LogP contribution in [-0.2, 0) is 13.5 Å². The number of benzene rings is 1. The molecular weight excluding hydrogens is 242 g/mol. The van der Waals surface area contributed by atoms with E-state index in [2.05, 4.69) is 5.10 Å². The van der Waals surface area contributed by atoms with E-state index >= 15 is 0 Å². The first kappa shape index (κ1) is 11.9. The average Bonchev–Trinajstić information content (AvgIpc) is 2.85. The zero-order valence-corrected chi connectivity index (χ0v) is 10.7. The van der Waals surface area contributed by atoms with Gasteiger partial charge in [-0.3, -0.25) is 4.79 Å². The minimum Gasteiger partial charge on any atom is -0.488 e. The van der Waals surface area contributed by atoms with Crippen LogP contribution in [0, 0.1) is 0 Å². The Morgan fingerprint density at radius 1 is 1.42 bits per heavy atom. The molecule has 3 rings (SSSR count). The van der Waals surface area contributed by atoms with Crippen molar-refractivity contribution in [1.82, 2.24) is 9.78 Å². The van der Waals surface area contributed by atoms with Gasteiger partial charge in [0.1, 0.15) is 11.9 Å². The number of hydrogen-bond acceptors (Lipinski definition) is 4. The van der Waals surface area contributed by atoms with Crippen molar-refractivity contribution in [3.8, 4) is 17.0 Å². The van der Waals surface area contributed by atoms with Crippen LogP contribution in [0.2, 0.25) is 0 Å². The van der Waals surface area contributed by atoms with Crippen molar-refractivity contribution in [3.63, 3.8) is 0 Å². The molecule has 1 aromatic carbocycles. The van der Waals surface area contributed by atoms with E-state index in [-0.39, 0.29) is 11.7 Å². The topological polar surface area (TPSA) is 70.1 Å². The molecule has 1 aliphatic heterocycles. The van der Waals surface area contributed by atoms with Crippen LogP contribution in [0.25, 0.3) is 11.3 Å². The fourth-order valence-electron chi connectivity index (χ4n) is 2.32. The van der Waals surface area contributed by atoms with Crippen LogP contribution < -0.4 is 16.0 Å². The molecule has 0 fully saturated rings. The number of fused-ring (bicyclic) bond motifs is 1. The number of para-hydroxylation sites is 1. The number of aromatic nitrogens is 2. The number of aryl methyl sites for hydroxylation is 1. The summed E-state index contributed by atoms with van der Waals surface area (Å²) in [5.74, 6) is 0.837. The zero-order valence-electron chi connectivity index (χ0n) is 10.7. The predicted octanol–water partition coefficient (Wildman–Crippen LogP) is 0.710. The molecular formula is C14H15N3O2. The van der Waals surface area contributed by atoms with Gasteiger partial charge >= 0.3 is 0 Å². The molecule has 0 saturated heterocycles. The van der Waals surface area contributed by atoms with E-state index in [9.17, 15) is 4.79 Å². The van der Waals surface area contributed by atoms with E-state index in [1.165, 1.54) is 10.7 Å². The molecule has 0 radical (unpaired) electrons. The zero-order chi connectivity index (χ0) is 13.4. The molecule has 1 atom stereocenters. The van der Waals surface area contributed by atoms with E-state index in [0.717, 1.165) is 29.0 Å². The van der Waals surface area contributed by atoms with Gasteiger partial charge in [-0.2, -0.15) is 5.10 Å². The standard InChI is InChI=1S/C14H15N3O2/c1-17-13(18)6-5-12(16-17)11-4-2-3-9-7-10(8-15)19-14(9)11/h2-6,10H,7-8,15H2,1H3. The van der Waals surface area contributed by atoms with Gasteiger partial charge in [-0.25, -0.2) is 4.68 Å². The molecule has 0 bridgehead atoms. The Morgan fingerprint density at radius 3 is 3.00 bits per heavy atom. The van der Waals surface area contributed by atoms with Gasteiger partial charge < -0.3 is 10.5 Å². The van der Waals surface area contributed by atoms with Crippen LogP contribution in [0.3, 0.4) is 0 Å². The Kier molecular flexibility index (Phi) is 2.83. The third-order valence-corrected chi connectivity index (χ3v) is 3.33. The molecule has 2 heterocycles. The summed E-state index contributed by atoms with van der Waals surface area (Å²) in [6.07, 6.45) is 0.856. The van der Waals surface area contributed by atoms with Crippen molar-refractivity contribution in [2.45, 2.75) is 12.5 Å². The van der Waals surface area contributed by atoms with Crippen LogP contribution in [0.1, 0.15) is 5.56 Å². The van der Waals surface area contributed by atoms with Gasteiger partial charge in [-0.1, -0.05) is 12.1 Å². The molecule has 0 aliphatic carbocycles. The third-order valence-electron chi connectivity index (χ3n) is 3.33. The summed E-state index contributed by atoms with van der Waals surface area (Å²) >= 11 is 0. The van der Waals surface area contributed by atoms with Gasteiger partial charge in [0.05, 0.1) is 5.69 Å². The molecule has 1 aromatic heterocycles. The lowest BCUT2D eigenvalue weighted by atomic mass is 10.0. The fourth-order valence-corrected chi connectivity index (χ4v) is 2.32. The summed E-state index contributed by atoms with van der Waals surface area (Å²) in [5.41, 5.74) is 8.31. The van der Waals surface area contributed by atoms with Crippen molar-refractivity contribution in [2.75, 3.05) is 6.54 Å². The highest BCUT2D eigenvalue weighted by Crippen LogP contribution is 2.37. The Morgan fingerprint density at radius 2 is 2.26 bits per heavy atom. The second-order valence-corrected chi connectivity index (χ2v) is 4.65. The van der Waals surface area contributed by atoms with E-state index in [4.69, 9.17) is 10.5 Å². The SMILES string of the molecule is Cn1nc(-c2cccc3c2OC(CN)C3)ccc1=O. The van der Waals surface area contributed by atoms with Crippen molar-refractivity contribution in [2.24, 2.45) is 12.8 Å². The molecule has 0 saturated carbocycles. The first-order valence-electron chi connectivity index (χ1n) is 6.22. The van der Waals surface area contributed by atoms with Gasteiger partial charge in [0, 0.05) is 31.6 Å². The Bertz CT molecular complexity index is 679. The van der Waals surface area contributed by atoms with Gasteiger partial charge in [0.2, 0.25) is 0 Å². The Balaban J connectivity index is 2.10. The first-order chi connectivity index (χ1) is 9.19. The smallest absolute Gasteiger partial charge is 0.266 e. The number of hydrogen-bond donors (Lipinski definition) is 1. The molecule has 19 heavy (non-hydrogen) atoms. The summed E-state index contributed by atoms with van der Waals surface area (Å²) in [7, 11) is 1.64. The van der Waals surface area contributed by atoms with Crippen molar-refractivity contribution in [3.05, 3.63) is 46.2 Å². The largest absolute Gasteiger partial charge is 0.488 e. The number of nitrogens with two attached hydrogens (primary N) is 1. The van der Waals surface area contributed by atoms with Crippen LogP contribution in [-0.4, -0.2) is 22.4 Å². The summed E-state index contributed by atoms with van der Waals surface area (Å²) in [6, 6.07) is 9.19. The maximum atomic E-state index is 11.4. The predicted molar refractivity (Wildman–Crippen MR) is 72.1 cm³/mol. The minimum atomic E-state index is -0.128. The van der Waals surface area contributed by atoms with Crippen LogP contribution in [0.4, 0.5) is 0 Å². The van der Waals surface area contributed by atoms with Gasteiger partial charge in [-0.15, -0.1) is 0 Å². The lowest BCUT2D eigenvalue weighted by Gasteiger charge is -2.10. The molecule has 2 N–H and O–H groups in total. The second kappa shape index (κ2) is 4.51. The number of rotatable bonds is 2. The molecule has 0 amide bonds. The molecule has 2 aromatic rings. The molecule has 98 valence electrons. The van der Waals surface area contributed by atoms with Gasteiger partial charge in [-0.05, 0) is 17.7 Å². The Labute approximate surface area is 110 Å². The maximum absolute atomic E-state index is 11.4. The normalized spacial score (nSPS) is 17.1. The van der Waals surface area contributed by atoms with Crippen LogP contribution in [0.15, 0.2) is 35.1 Å². The average molecular weight is 257 g/mol. The van der Waals surface area contributed by atoms with E-state index in [1.54, 1.807) is 13.1 Å². The summed E-state index contributed by atoms with van der Waals surface area (Å²) in [4.78, 5) is 11.4. The van der Waals surface area contributed by atoms with Crippen molar-refractivity contribution in [1.29, 1.82) is 0 Å². The van der Waals surface area contributed by atoms with Crippen LogP contribution >= 0.6 is 0 Å². The minimum absolute atomic E-state index is 0.0312. The Hall–Kier alpha value is -2.14. The van der Waals surface area contributed by atoms with E-state index < -0.39 is 0 Å². The monoisotopic (exact) mass is 257 g/mol. The number of ether oxygens (including phenoxy) is 1. The number of nitrogens with zero attached hydrogens (tertiary/aromatic N) is 2. The van der Waals surface area contributed by atoms with Gasteiger partial charge in [0.15, 0.2) is 0 Å². The second-order valence-electron chi connectivity index (χ2n) is 4.65. The molecule has 1 aliphatic rings. The molecule has 1 unspecified atom stereocenters. The molecule has 5 nitrogen and oxygen atoms in total. The summed E-state index contributed by atoms with van der Waals surface area (Å²) in [5, 5.41) is 4.26. The lowest BCUT2D eigenvalue weighted by molar-refractivity contribution is 0.242. The highest BCUT2D eigenvalue weighted by atomic mass is 16.5. The highest BCUT2D eigenvalue weighted by molar-refractivity contribution is 5.69. The van der Waals surface area contributed by atoms with Crippen molar-refractivity contribution >= 4 is 0 Å².